The third kappa shape index (κ3) is 1.99. The van der Waals surface area contributed by atoms with Crippen molar-refractivity contribution >= 4 is 21.7 Å². The van der Waals surface area contributed by atoms with Crippen LogP contribution in [-0.2, 0) is 7.05 Å². The van der Waals surface area contributed by atoms with Crippen molar-refractivity contribution in [3.8, 4) is 22.1 Å². The van der Waals surface area contributed by atoms with Crippen molar-refractivity contribution < 1.29 is 9.84 Å². The number of ether oxygens (including phenoxy) is 1. The molecule has 108 valence electrons. The Morgan fingerprint density at radius 3 is 2.71 bits per heavy atom. The Morgan fingerprint density at radius 2 is 2.05 bits per heavy atom. The second kappa shape index (κ2) is 4.89. The van der Waals surface area contributed by atoms with Crippen molar-refractivity contribution in [2.75, 3.05) is 7.11 Å². The van der Waals surface area contributed by atoms with Crippen LogP contribution in [-0.4, -0.2) is 21.8 Å². The van der Waals surface area contributed by atoms with Crippen molar-refractivity contribution in [1.29, 1.82) is 0 Å². The van der Waals surface area contributed by atoms with Gasteiger partial charge in [-0.3, -0.25) is 9.36 Å². The molecule has 0 bridgehead atoms. The van der Waals surface area contributed by atoms with Gasteiger partial charge in [0.2, 0.25) is 0 Å². The van der Waals surface area contributed by atoms with Crippen LogP contribution in [0.4, 0.5) is 0 Å². The average molecular weight is 302 g/mol. The zero-order valence-electron chi connectivity index (χ0n) is 11.9. The number of rotatable bonds is 2. The number of aromatic nitrogens is 2. The van der Waals surface area contributed by atoms with E-state index >= 15 is 0 Å². The van der Waals surface area contributed by atoms with Crippen LogP contribution in [0.3, 0.4) is 0 Å². The van der Waals surface area contributed by atoms with E-state index in [2.05, 4.69) is 4.98 Å². The third-order valence-corrected chi connectivity index (χ3v) is 4.48. The number of aromatic hydroxyl groups is 1. The van der Waals surface area contributed by atoms with E-state index in [4.69, 9.17) is 4.74 Å². The van der Waals surface area contributed by atoms with Crippen LogP contribution < -0.4 is 10.3 Å². The molecule has 0 aliphatic rings. The molecular weight excluding hydrogens is 288 g/mol. The normalized spacial score (nSPS) is 11.0. The average Bonchev–Trinajstić information content (AvgIpc) is 2.92. The van der Waals surface area contributed by atoms with Gasteiger partial charge in [-0.1, -0.05) is 35.6 Å². The predicted octanol–water partition coefficient (Wildman–Crippen LogP) is 2.68. The minimum Gasteiger partial charge on any atom is -0.505 e. The molecular formula is C15H14N2O3S. The highest BCUT2D eigenvalue weighted by molar-refractivity contribution is 7.20. The van der Waals surface area contributed by atoms with Gasteiger partial charge >= 0.3 is 0 Å². The topological polar surface area (TPSA) is 64.3 Å². The van der Waals surface area contributed by atoms with Gasteiger partial charge in [0.1, 0.15) is 10.4 Å². The minimum atomic E-state index is -0.276. The number of methoxy groups -OCH3 is 1. The second-order valence-electron chi connectivity index (χ2n) is 4.74. The number of fused-ring (bicyclic) bond motifs is 1. The standard InChI is InChI=1S/C15H14N2O3S/c1-8-6-4-5-7-9(8)10-11(18)12-13(17(2)14(10)19)16-15(20-3)21-12/h4-7,18H,1-3H3. The molecule has 0 saturated heterocycles. The lowest BCUT2D eigenvalue weighted by molar-refractivity contribution is 0.412. The maximum atomic E-state index is 12.6. The Bertz CT molecular complexity index is 896. The molecule has 21 heavy (non-hydrogen) atoms. The number of hydrogen-bond donors (Lipinski definition) is 1. The summed E-state index contributed by atoms with van der Waals surface area (Å²) in [6.07, 6.45) is 0. The quantitative estimate of drug-likeness (QED) is 0.790. The first-order valence-electron chi connectivity index (χ1n) is 6.37. The molecule has 3 rings (SSSR count). The fourth-order valence-electron chi connectivity index (χ4n) is 2.34. The highest BCUT2D eigenvalue weighted by atomic mass is 32.1. The van der Waals surface area contributed by atoms with Crippen molar-refractivity contribution in [2.45, 2.75) is 6.92 Å². The third-order valence-electron chi connectivity index (χ3n) is 3.47. The molecule has 0 amide bonds. The van der Waals surface area contributed by atoms with E-state index in [1.807, 2.05) is 31.2 Å². The molecule has 0 aliphatic carbocycles. The molecule has 0 spiro atoms. The molecule has 0 fully saturated rings. The van der Waals surface area contributed by atoms with Crippen LogP contribution in [0.25, 0.3) is 21.5 Å². The number of pyridine rings is 1. The first-order valence-corrected chi connectivity index (χ1v) is 7.18. The van der Waals surface area contributed by atoms with E-state index < -0.39 is 0 Å². The lowest BCUT2D eigenvalue weighted by Crippen LogP contribution is -2.19. The van der Waals surface area contributed by atoms with E-state index in [-0.39, 0.29) is 11.3 Å². The molecule has 2 aromatic heterocycles. The minimum absolute atomic E-state index is 0.0387. The maximum Gasteiger partial charge on any atom is 0.275 e. The Hall–Kier alpha value is -2.34. The van der Waals surface area contributed by atoms with E-state index in [1.54, 1.807) is 7.05 Å². The van der Waals surface area contributed by atoms with Crippen molar-refractivity contribution in [3.05, 3.63) is 40.2 Å². The molecule has 5 nitrogen and oxygen atoms in total. The molecule has 0 saturated carbocycles. The second-order valence-corrected chi connectivity index (χ2v) is 5.70. The van der Waals surface area contributed by atoms with Crippen molar-refractivity contribution in [3.63, 3.8) is 0 Å². The van der Waals surface area contributed by atoms with Gasteiger partial charge in [-0.2, -0.15) is 4.98 Å². The molecule has 3 aromatic rings. The Kier molecular flexibility index (Phi) is 3.17. The summed E-state index contributed by atoms with van der Waals surface area (Å²) in [5.41, 5.74) is 2.11. The summed E-state index contributed by atoms with van der Waals surface area (Å²) in [5.74, 6) is -0.0387. The summed E-state index contributed by atoms with van der Waals surface area (Å²) in [7, 11) is 3.15. The predicted molar refractivity (Wildman–Crippen MR) is 83.3 cm³/mol. The van der Waals surface area contributed by atoms with Gasteiger partial charge < -0.3 is 9.84 Å². The molecule has 0 atom stereocenters. The Labute approximate surface area is 125 Å². The summed E-state index contributed by atoms with van der Waals surface area (Å²) in [4.78, 5) is 16.8. The molecule has 0 aliphatic heterocycles. The number of benzene rings is 1. The van der Waals surface area contributed by atoms with Crippen LogP contribution in [0, 0.1) is 6.92 Å². The zero-order valence-corrected chi connectivity index (χ0v) is 12.7. The number of hydrogen-bond acceptors (Lipinski definition) is 5. The summed E-state index contributed by atoms with van der Waals surface area (Å²) < 4.78 is 7.09. The zero-order chi connectivity index (χ0) is 15.1. The first kappa shape index (κ1) is 13.6. The Balaban J connectivity index is 2.44. The molecule has 0 unspecified atom stereocenters. The van der Waals surface area contributed by atoms with E-state index in [9.17, 15) is 9.90 Å². The molecule has 6 heteroatoms. The smallest absolute Gasteiger partial charge is 0.275 e. The van der Waals surface area contributed by atoms with Gasteiger partial charge in [-0.25, -0.2) is 0 Å². The van der Waals surface area contributed by atoms with Crippen LogP contribution in [0.15, 0.2) is 29.1 Å². The first-order chi connectivity index (χ1) is 10.0. The van der Waals surface area contributed by atoms with Crippen LogP contribution >= 0.6 is 11.3 Å². The fraction of sp³-hybridized carbons (Fsp3) is 0.200. The summed E-state index contributed by atoms with van der Waals surface area (Å²) in [6, 6.07) is 7.48. The van der Waals surface area contributed by atoms with Gasteiger partial charge in [0.05, 0.1) is 12.7 Å². The fourth-order valence-corrected chi connectivity index (χ4v) is 3.20. The van der Waals surface area contributed by atoms with Gasteiger partial charge in [0.15, 0.2) is 5.65 Å². The summed E-state index contributed by atoms with van der Waals surface area (Å²) in [5, 5.41) is 11.0. The highest BCUT2D eigenvalue weighted by Crippen LogP contribution is 2.39. The van der Waals surface area contributed by atoms with Gasteiger partial charge in [0.25, 0.3) is 10.8 Å². The maximum absolute atomic E-state index is 12.6. The SMILES string of the molecule is COc1nc2c(s1)c(O)c(-c1ccccc1C)c(=O)n2C. The van der Waals surface area contributed by atoms with Crippen LogP contribution in [0.5, 0.6) is 10.9 Å². The monoisotopic (exact) mass is 302 g/mol. The lowest BCUT2D eigenvalue weighted by atomic mass is 10.0. The van der Waals surface area contributed by atoms with Gasteiger partial charge in [0, 0.05) is 7.05 Å². The number of thiazole rings is 1. The van der Waals surface area contributed by atoms with Crippen LogP contribution in [0.2, 0.25) is 0 Å². The summed E-state index contributed by atoms with van der Waals surface area (Å²) in [6.45, 7) is 1.91. The summed E-state index contributed by atoms with van der Waals surface area (Å²) >= 11 is 1.22. The number of nitrogens with zero attached hydrogens (tertiary/aromatic N) is 2. The molecule has 0 radical (unpaired) electrons. The van der Waals surface area contributed by atoms with E-state index in [0.717, 1.165) is 11.1 Å². The van der Waals surface area contributed by atoms with Crippen molar-refractivity contribution in [2.24, 2.45) is 7.05 Å². The molecule has 2 heterocycles. The van der Waals surface area contributed by atoms with Crippen LogP contribution in [0.1, 0.15) is 5.56 Å². The Morgan fingerprint density at radius 1 is 1.33 bits per heavy atom. The molecule has 1 aromatic carbocycles. The number of aryl methyl sites for hydroxylation is 2. The van der Waals surface area contributed by atoms with E-state index in [0.29, 0.717) is 21.1 Å². The van der Waals surface area contributed by atoms with E-state index in [1.165, 1.54) is 23.0 Å². The van der Waals surface area contributed by atoms with Crippen molar-refractivity contribution in [1.82, 2.24) is 9.55 Å². The van der Waals surface area contributed by atoms with Gasteiger partial charge in [-0.05, 0) is 18.1 Å². The largest absolute Gasteiger partial charge is 0.505 e. The highest BCUT2D eigenvalue weighted by Gasteiger charge is 2.21. The molecule has 1 N–H and O–H groups in total. The lowest BCUT2D eigenvalue weighted by Gasteiger charge is -2.10. The van der Waals surface area contributed by atoms with Gasteiger partial charge in [-0.15, -0.1) is 0 Å².